The number of carbonyl (C=O) groups excluding carboxylic acids is 2. The van der Waals surface area contributed by atoms with Crippen molar-refractivity contribution < 1.29 is 29.3 Å². The van der Waals surface area contributed by atoms with Crippen molar-refractivity contribution in [3.8, 4) is 0 Å². The van der Waals surface area contributed by atoms with Crippen molar-refractivity contribution in [2.75, 3.05) is 44.2 Å². The maximum Gasteiger partial charge on any atom is 0.407 e. The summed E-state index contributed by atoms with van der Waals surface area (Å²) in [6, 6.07) is 0. The number of ether oxygens (including phenoxy) is 2. The van der Waals surface area contributed by atoms with Crippen LogP contribution in [-0.2, 0) is 9.47 Å². The van der Waals surface area contributed by atoms with Crippen molar-refractivity contribution in [1.29, 1.82) is 0 Å². The van der Waals surface area contributed by atoms with Gasteiger partial charge in [0.2, 0.25) is 15.1 Å². The second-order valence-corrected chi connectivity index (χ2v) is 19.6. The van der Waals surface area contributed by atoms with Crippen LogP contribution in [-0.4, -0.2) is 113 Å². The van der Waals surface area contributed by atoms with Crippen LogP contribution in [0.1, 0.15) is 67.2 Å². The van der Waals surface area contributed by atoms with Gasteiger partial charge in [0, 0.05) is 26.2 Å². The first kappa shape index (κ1) is 42.1. The van der Waals surface area contributed by atoms with Crippen molar-refractivity contribution in [3.63, 3.8) is 0 Å². The number of carbonyl (C=O) groups is 2. The van der Waals surface area contributed by atoms with E-state index in [0.29, 0.717) is 38.8 Å². The van der Waals surface area contributed by atoms with Gasteiger partial charge in [-0.25, -0.2) is 19.6 Å². The molecule has 2 aliphatic rings. The first-order valence-corrected chi connectivity index (χ1v) is 20.8. The summed E-state index contributed by atoms with van der Waals surface area (Å²) in [6.45, 7) is 14.2. The third kappa shape index (κ3) is 13.3. The fourth-order valence-corrected chi connectivity index (χ4v) is 8.29. The van der Waals surface area contributed by atoms with Crippen LogP contribution in [0.2, 0.25) is 0 Å². The summed E-state index contributed by atoms with van der Waals surface area (Å²) in [7, 11) is 0. The number of rotatable bonds is 5. The molecule has 0 aromatic carbocycles. The summed E-state index contributed by atoms with van der Waals surface area (Å²) in [5.41, 5.74) is -2.75. The fourth-order valence-electron chi connectivity index (χ4n) is 4.89. The second kappa shape index (κ2) is 17.7. The number of nitrogens with one attached hydrogen (secondary N) is 3. The Morgan fingerprint density at radius 2 is 1.29 bits per heavy atom. The van der Waals surface area contributed by atoms with E-state index in [9.17, 15) is 19.8 Å². The molecule has 2 fully saturated rings. The minimum Gasteiger partial charge on any atom is -0.444 e. The van der Waals surface area contributed by atoms with Crippen LogP contribution in [0.15, 0.2) is 16.3 Å². The molecule has 2 amide bonds. The van der Waals surface area contributed by atoms with Crippen molar-refractivity contribution in [3.05, 3.63) is 23.7 Å². The molecule has 0 radical (unpaired) electrons. The van der Waals surface area contributed by atoms with Gasteiger partial charge < -0.3 is 40.5 Å². The number of nitrogens with zero attached hydrogens (tertiary/aromatic N) is 7. The maximum absolute atomic E-state index is 11.8. The topological polar surface area (TPSA) is 193 Å². The van der Waals surface area contributed by atoms with Gasteiger partial charge in [-0.2, -0.15) is 9.03 Å². The van der Waals surface area contributed by atoms with E-state index in [1.165, 1.54) is 22.7 Å². The average molecular weight is 1040 g/mol. The molecule has 0 unspecified atom stereocenters. The minimum atomic E-state index is -0.917. The first-order valence-electron chi connectivity index (χ1n) is 16.2. The smallest absolute Gasteiger partial charge is 0.407 e. The zero-order valence-corrected chi connectivity index (χ0v) is 36.9. The van der Waals surface area contributed by atoms with E-state index in [1.54, 1.807) is 16.9 Å². The van der Waals surface area contributed by atoms with Crippen molar-refractivity contribution in [1.82, 2.24) is 45.1 Å². The Morgan fingerprint density at radius 3 is 1.75 bits per heavy atom. The summed E-state index contributed by atoms with van der Waals surface area (Å²) in [4.78, 5) is 35.5. The molecule has 2 saturated heterocycles. The molecule has 5 N–H and O–H groups in total. The van der Waals surface area contributed by atoms with E-state index >= 15 is 0 Å². The Hall–Kier alpha value is -1.64. The number of aliphatic hydroxyl groups is 2. The van der Waals surface area contributed by atoms with E-state index in [2.05, 4.69) is 102 Å². The highest BCUT2D eigenvalue weighted by atomic mass is 127. The Balaban J connectivity index is 0.000000191. The van der Waals surface area contributed by atoms with Gasteiger partial charge in [-0.1, -0.05) is 22.7 Å². The molecule has 0 spiro atoms. The maximum atomic E-state index is 11.8. The number of halogens is 3. The molecule has 6 rings (SSSR count). The number of aromatic nitrogens is 6. The predicted octanol–water partition coefficient (Wildman–Crippen LogP) is 5.03. The number of imidazole rings is 2. The van der Waals surface area contributed by atoms with Gasteiger partial charge in [0.15, 0.2) is 3.92 Å². The molecular weight excluding hydrogens is 994 g/mol. The predicted molar refractivity (Wildman–Crippen MR) is 217 cm³/mol. The molecule has 284 valence electrons. The number of anilines is 1. The first-order chi connectivity index (χ1) is 23.7. The van der Waals surface area contributed by atoms with Crippen LogP contribution < -0.4 is 20.9 Å². The lowest BCUT2D eigenvalue weighted by atomic mass is 9.91. The molecule has 51 heavy (non-hydrogen) atoms. The molecule has 4 aromatic rings. The Kier molecular flexibility index (Phi) is 14.6. The lowest BCUT2D eigenvalue weighted by Gasteiger charge is -2.38. The van der Waals surface area contributed by atoms with Crippen LogP contribution in [0.4, 0.5) is 14.7 Å². The molecular formula is C30H45BrI2N10O6S2. The Labute approximate surface area is 340 Å². The standard InChI is InChI=1S/C15H22IN5O3S.C11H22N2O3.C4HBrIN3S/c1-14(2,3)24-13(22)18-9-15(23)4-6-20(7-5-15)12-19-21-10(16)8-17-11(21)25-12;1-10(2,3)16-9(14)13-8-11(15)4-6-12-7-5-11;5-3-8-9-2(6)1-7-4(9)10-3/h8,23H,4-7,9H2,1-3H3,(H,18,22);12,15H,4-8H2,1-3H3,(H,13,14);1H. The highest BCUT2D eigenvalue weighted by Gasteiger charge is 2.34. The molecule has 16 nitrogen and oxygen atoms in total. The number of amides is 2. The van der Waals surface area contributed by atoms with Crippen LogP contribution in [0.25, 0.3) is 9.92 Å². The van der Waals surface area contributed by atoms with Crippen LogP contribution >= 0.6 is 83.8 Å². The summed E-state index contributed by atoms with van der Waals surface area (Å²) >= 11 is 10.7. The summed E-state index contributed by atoms with van der Waals surface area (Å²) in [6.07, 6.45) is 5.04. The fraction of sp³-hybridized carbons (Fsp3) is 0.667. The SMILES string of the molecule is Brc1nn2c(I)cnc2s1.CC(C)(C)OC(=O)NCC1(O)CCN(c2nn3c(I)cnc3s2)CC1.CC(C)(C)OC(=O)NCC1(O)CCNCC1. The van der Waals surface area contributed by atoms with E-state index in [4.69, 9.17) is 9.47 Å². The van der Waals surface area contributed by atoms with Gasteiger partial charge in [0.25, 0.3) is 0 Å². The average Bonchev–Trinajstić information content (AvgIpc) is 3.79. The third-order valence-corrected chi connectivity index (χ3v) is 11.3. The summed E-state index contributed by atoms with van der Waals surface area (Å²) in [5, 5.41) is 38.9. The van der Waals surface area contributed by atoms with E-state index in [1.807, 2.05) is 46.1 Å². The van der Waals surface area contributed by atoms with Gasteiger partial charge in [-0.05, 0) is 141 Å². The molecule has 0 aliphatic carbocycles. The van der Waals surface area contributed by atoms with Gasteiger partial charge in [-0.3, -0.25) is 0 Å². The van der Waals surface area contributed by atoms with Crippen LogP contribution in [0.3, 0.4) is 0 Å². The molecule has 21 heteroatoms. The zero-order valence-electron chi connectivity index (χ0n) is 29.3. The number of fused-ring (bicyclic) bond motifs is 2. The monoisotopic (exact) mass is 1040 g/mol. The van der Waals surface area contributed by atoms with Crippen LogP contribution in [0, 0.1) is 7.40 Å². The van der Waals surface area contributed by atoms with E-state index in [-0.39, 0.29) is 13.1 Å². The largest absolute Gasteiger partial charge is 0.444 e. The summed E-state index contributed by atoms with van der Waals surface area (Å²) < 4.78 is 16.8. The lowest BCUT2D eigenvalue weighted by molar-refractivity contribution is 0.00366. The Morgan fingerprint density at radius 1 is 0.843 bits per heavy atom. The van der Waals surface area contributed by atoms with Gasteiger partial charge in [0.05, 0.1) is 23.6 Å². The normalized spacial score (nSPS) is 17.2. The zero-order chi connectivity index (χ0) is 37.6. The number of hydrogen-bond acceptors (Lipinski definition) is 14. The van der Waals surface area contributed by atoms with Gasteiger partial charge in [-0.15, -0.1) is 10.2 Å². The Bertz CT molecular complexity index is 1750. The van der Waals surface area contributed by atoms with Gasteiger partial charge >= 0.3 is 12.2 Å². The molecule has 6 heterocycles. The molecule has 2 aliphatic heterocycles. The quantitative estimate of drug-likeness (QED) is 0.168. The molecule has 0 atom stereocenters. The van der Waals surface area contributed by atoms with E-state index in [0.717, 1.165) is 39.5 Å². The van der Waals surface area contributed by atoms with Crippen LogP contribution in [0.5, 0.6) is 0 Å². The van der Waals surface area contributed by atoms with Crippen molar-refractivity contribution in [2.24, 2.45) is 0 Å². The van der Waals surface area contributed by atoms with E-state index < -0.39 is 34.6 Å². The van der Waals surface area contributed by atoms with Gasteiger partial charge in [0.1, 0.15) is 18.6 Å². The highest BCUT2D eigenvalue weighted by Crippen LogP contribution is 2.30. The summed E-state index contributed by atoms with van der Waals surface area (Å²) in [5.74, 6) is 0. The number of alkyl carbamates (subject to hydrolysis) is 2. The molecule has 4 aromatic heterocycles. The number of hydrogen-bond donors (Lipinski definition) is 5. The number of piperidine rings is 2. The minimum absolute atomic E-state index is 0.189. The highest BCUT2D eigenvalue weighted by molar-refractivity contribution is 14.1. The van der Waals surface area contributed by atoms with Crippen molar-refractivity contribution in [2.45, 2.75) is 89.6 Å². The third-order valence-electron chi connectivity index (χ3n) is 7.47. The van der Waals surface area contributed by atoms with Crippen molar-refractivity contribution >= 4 is 111 Å². The second-order valence-electron chi connectivity index (χ2n) is 14.2. The lowest BCUT2D eigenvalue weighted by Crippen LogP contribution is -2.51. The molecule has 0 bridgehead atoms. The molecule has 0 saturated carbocycles.